The van der Waals surface area contributed by atoms with Gasteiger partial charge >= 0.3 is 0 Å². The van der Waals surface area contributed by atoms with Gasteiger partial charge in [-0.1, -0.05) is 29.8 Å². The van der Waals surface area contributed by atoms with E-state index in [4.69, 9.17) is 11.6 Å². The van der Waals surface area contributed by atoms with Gasteiger partial charge in [-0.2, -0.15) is 11.8 Å². The molecule has 0 saturated carbocycles. The molecule has 2 aromatic carbocycles. The highest BCUT2D eigenvalue weighted by Crippen LogP contribution is 2.14. The topological polar surface area (TPSA) is 58.2 Å². The summed E-state index contributed by atoms with van der Waals surface area (Å²) >= 11 is 7.21. The second-order valence-corrected chi connectivity index (χ2v) is 6.31. The van der Waals surface area contributed by atoms with Crippen molar-refractivity contribution >= 4 is 46.6 Å². The van der Waals surface area contributed by atoms with Crippen LogP contribution in [0.5, 0.6) is 0 Å². The van der Waals surface area contributed by atoms with Gasteiger partial charge in [-0.15, -0.1) is 0 Å². The van der Waals surface area contributed by atoms with Crippen LogP contribution in [0.3, 0.4) is 0 Å². The van der Waals surface area contributed by atoms with Gasteiger partial charge < -0.3 is 10.6 Å². The molecular formula is C17H17ClN2O2S. The van der Waals surface area contributed by atoms with E-state index < -0.39 is 0 Å². The number of benzene rings is 2. The van der Waals surface area contributed by atoms with E-state index in [1.54, 1.807) is 24.3 Å². The first-order chi connectivity index (χ1) is 11.1. The molecular weight excluding hydrogens is 332 g/mol. The van der Waals surface area contributed by atoms with Crippen LogP contribution in [0.2, 0.25) is 5.02 Å². The molecule has 2 amide bonds. The van der Waals surface area contributed by atoms with Gasteiger partial charge in [-0.3, -0.25) is 9.59 Å². The Balaban J connectivity index is 1.62. The fourth-order valence-electron chi connectivity index (χ4n) is 1.81. The third kappa shape index (κ3) is 6.76. The van der Waals surface area contributed by atoms with Crippen molar-refractivity contribution in [3.63, 3.8) is 0 Å². The van der Waals surface area contributed by atoms with Crippen LogP contribution in [0, 0.1) is 0 Å². The summed E-state index contributed by atoms with van der Waals surface area (Å²) in [6.45, 7) is 0. The SMILES string of the molecule is O=C(CCSCC(=O)Nc1ccc(Cl)cc1)Nc1ccccc1. The largest absolute Gasteiger partial charge is 0.326 e. The lowest BCUT2D eigenvalue weighted by Gasteiger charge is -2.06. The molecule has 0 saturated heterocycles. The van der Waals surface area contributed by atoms with Crippen LogP contribution >= 0.6 is 23.4 Å². The first kappa shape index (κ1) is 17.4. The number of hydrogen-bond acceptors (Lipinski definition) is 3. The van der Waals surface area contributed by atoms with Crippen molar-refractivity contribution in [2.24, 2.45) is 0 Å². The number of carbonyl (C=O) groups is 2. The van der Waals surface area contributed by atoms with E-state index in [0.717, 1.165) is 5.69 Å². The Kier molecular flexibility index (Phi) is 6.97. The first-order valence-electron chi connectivity index (χ1n) is 7.11. The quantitative estimate of drug-likeness (QED) is 0.742. The van der Waals surface area contributed by atoms with Gasteiger partial charge in [-0.25, -0.2) is 0 Å². The molecule has 2 N–H and O–H groups in total. The minimum Gasteiger partial charge on any atom is -0.326 e. The van der Waals surface area contributed by atoms with Crippen molar-refractivity contribution in [1.29, 1.82) is 0 Å². The van der Waals surface area contributed by atoms with Gasteiger partial charge in [0, 0.05) is 28.6 Å². The van der Waals surface area contributed by atoms with Gasteiger partial charge in [0.05, 0.1) is 5.75 Å². The summed E-state index contributed by atoms with van der Waals surface area (Å²) in [5, 5.41) is 6.21. The lowest BCUT2D eigenvalue weighted by atomic mass is 10.3. The van der Waals surface area contributed by atoms with Gasteiger partial charge in [-0.05, 0) is 36.4 Å². The number of halogens is 1. The summed E-state index contributed by atoms with van der Waals surface area (Å²) < 4.78 is 0. The summed E-state index contributed by atoms with van der Waals surface area (Å²) in [6, 6.07) is 16.2. The number of anilines is 2. The molecule has 0 aromatic heterocycles. The highest BCUT2D eigenvalue weighted by atomic mass is 35.5. The Hall–Kier alpha value is -1.98. The zero-order valence-corrected chi connectivity index (χ0v) is 14.0. The van der Waals surface area contributed by atoms with Gasteiger partial charge in [0.1, 0.15) is 0 Å². The van der Waals surface area contributed by atoms with Gasteiger partial charge in [0.2, 0.25) is 11.8 Å². The summed E-state index contributed by atoms with van der Waals surface area (Å²) in [5.74, 6) is 0.746. The molecule has 0 aliphatic heterocycles. The molecule has 0 atom stereocenters. The third-order valence-electron chi connectivity index (χ3n) is 2.89. The van der Waals surface area contributed by atoms with E-state index in [9.17, 15) is 9.59 Å². The molecule has 6 heteroatoms. The van der Waals surface area contributed by atoms with E-state index >= 15 is 0 Å². The van der Waals surface area contributed by atoms with Gasteiger partial charge in [0.25, 0.3) is 0 Å². The molecule has 0 fully saturated rings. The molecule has 2 rings (SSSR count). The number of carbonyl (C=O) groups excluding carboxylic acids is 2. The van der Waals surface area contributed by atoms with Crippen LogP contribution in [-0.4, -0.2) is 23.3 Å². The Bertz CT molecular complexity index is 647. The highest BCUT2D eigenvalue weighted by Gasteiger charge is 2.05. The van der Waals surface area contributed by atoms with Crippen LogP contribution in [0.1, 0.15) is 6.42 Å². The zero-order valence-electron chi connectivity index (χ0n) is 12.4. The number of para-hydroxylation sites is 1. The fraction of sp³-hybridized carbons (Fsp3) is 0.176. The minimum atomic E-state index is -0.0965. The summed E-state index contributed by atoms with van der Waals surface area (Å²) in [5.41, 5.74) is 1.49. The molecule has 0 radical (unpaired) electrons. The molecule has 0 heterocycles. The number of thioether (sulfide) groups is 1. The second kappa shape index (κ2) is 9.22. The first-order valence-corrected chi connectivity index (χ1v) is 8.65. The molecule has 0 bridgehead atoms. The monoisotopic (exact) mass is 348 g/mol. The van der Waals surface area contributed by atoms with E-state index in [-0.39, 0.29) is 11.8 Å². The molecule has 23 heavy (non-hydrogen) atoms. The van der Waals surface area contributed by atoms with E-state index in [0.29, 0.717) is 28.6 Å². The standard InChI is InChI=1S/C17H17ClN2O2S/c18-13-6-8-15(9-7-13)20-17(22)12-23-11-10-16(21)19-14-4-2-1-3-5-14/h1-9H,10-12H2,(H,19,21)(H,20,22). The number of nitrogens with one attached hydrogen (secondary N) is 2. The van der Waals surface area contributed by atoms with Crippen LogP contribution in [0.25, 0.3) is 0 Å². The normalized spacial score (nSPS) is 10.1. The van der Waals surface area contributed by atoms with Crippen LogP contribution < -0.4 is 10.6 Å². The Morgan fingerprint density at radius 1 is 0.870 bits per heavy atom. The number of hydrogen-bond donors (Lipinski definition) is 2. The maximum absolute atomic E-state index is 11.8. The molecule has 0 aliphatic rings. The van der Waals surface area contributed by atoms with E-state index in [2.05, 4.69) is 10.6 Å². The maximum atomic E-state index is 11.8. The van der Waals surface area contributed by atoms with Crippen molar-refractivity contribution < 1.29 is 9.59 Å². The predicted octanol–water partition coefficient (Wildman–Crippen LogP) is 4.04. The number of amides is 2. The van der Waals surface area contributed by atoms with Crippen LogP contribution in [0.4, 0.5) is 11.4 Å². The zero-order chi connectivity index (χ0) is 16.5. The molecule has 120 valence electrons. The van der Waals surface area contributed by atoms with Crippen molar-refractivity contribution in [1.82, 2.24) is 0 Å². The Morgan fingerprint density at radius 2 is 1.48 bits per heavy atom. The fourth-order valence-corrected chi connectivity index (χ4v) is 2.66. The van der Waals surface area contributed by atoms with E-state index in [1.807, 2.05) is 30.3 Å². The van der Waals surface area contributed by atoms with Crippen LogP contribution in [0.15, 0.2) is 54.6 Å². The summed E-state index contributed by atoms with van der Waals surface area (Å²) in [4.78, 5) is 23.5. The average Bonchev–Trinajstić information content (AvgIpc) is 2.55. The lowest BCUT2D eigenvalue weighted by Crippen LogP contribution is -2.16. The Morgan fingerprint density at radius 3 is 2.17 bits per heavy atom. The smallest absolute Gasteiger partial charge is 0.234 e. The lowest BCUT2D eigenvalue weighted by molar-refractivity contribution is -0.116. The highest BCUT2D eigenvalue weighted by molar-refractivity contribution is 7.99. The molecule has 2 aromatic rings. The van der Waals surface area contributed by atoms with Crippen molar-refractivity contribution in [3.05, 3.63) is 59.6 Å². The van der Waals surface area contributed by atoms with Crippen LogP contribution in [-0.2, 0) is 9.59 Å². The van der Waals surface area contributed by atoms with Gasteiger partial charge in [0.15, 0.2) is 0 Å². The molecule has 0 spiro atoms. The minimum absolute atomic E-state index is 0.0539. The summed E-state index contributed by atoms with van der Waals surface area (Å²) in [6.07, 6.45) is 0.369. The Labute approximate surface area is 144 Å². The summed E-state index contributed by atoms with van der Waals surface area (Å²) in [7, 11) is 0. The van der Waals surface area contributed by atoms with E-state index in [1.165, 1.54) is 11.8 Å². The second-order valence-electron chi connectivity index (χ2n) is 4.77. The number of rotatable bonds is 7. The predicted molar refractivity (Wildman–Crippen MR) is 97.1 cm³/mol. The maximum Gasteiger partial charge on any atom is 0.234 e. The van der Waals surface area contributed by atoms with Crippen molar-refractivity contribution in [2.75, 3.05) is 22.1 Å². The molecule has 0 unspecified atom stereocenters. The average molecular weight is 349 g/mol. The molecule has 4 nitrogen and oxygen atoms in total. The third-order valence-corrected chi connectivity index (χ3v) is 4.10. The van der Waals surface area contributed by atoms with Crippen molar-refractivity contribution in [2.45, 2.75) is 6.42 Å². The van der Waals surface area contributed by atoms with Crippen molar-refractivity contribution in [3.8, 4) is 0 Å². The molecule has 0 aliphatic carbocycles.